The minimum Gasteiger partial charge on any atom is -0.388 e. The number of ether oxygens (including phenoxy) is 1. The van der Waals surface area contributed by atoms with E-state index in [-0.39, 0.29) is 0 Å². The summed E-state index contributed by atoms with van der Waals surface area (Å²) >= 11 is 0. The van der Waals surface area contributed by atoms with Crippen molar-refractivity contribution in [2.24, 2.45) is 10.8 Å². The third-order valence-corrected chi connectivity index (χ3v) is 1.22. The topological polar surface area (TPSA) is 50.8 Å². The van der Waals surface area contributed by atoms with Gasteiger partial charge in [0.25, 0.3) is 0 Å². The molecule has 1 fully saturated rings. The van der Waals surface area contributed by atoms with Gasteiger partial charge in [0.15, 0.2) is 0 Å². The van der Waals surface area contributed by atoms with E-state index in [1.807, 2.05) is 18.9 Å². The fraction of sp³-hybridized carbons (Fsp3) is 0.857. The van der Waals surface area contributed by atoms with Gasteiger partial charge < -0.3 is 10.5 Å². The fourth-order valence-corrected chi connectivity index (χ4v) is 0.763. The molecule has 1 rings (SSSR count). The lowest BCUT2D eigenvalue weighted by molar-refractivity contribution is 0.0396. The fourth-order valence-electron chi connectivity index (χ4n) is 0.763. The Kier molecular flexibility index (Phi) is 6.82. The molecule has 0 amide bonds. The van der Waals surface area contributed by atoms with E-state index in [2.05, 4.69) is 5.10 Å². The minimum absolute atomic E-state index is 0.761. The molecule has 1 heterocycles. The van der Waals surface area contributed by atoms with Crippen LogP contribution in [0.3, 0.4) is 0 Å². The summed E-state index contributed by atoms with van der Waals surface area (Å²) in [5, 5.41) is 5.78. The monoisotopic (exact) mass is 159 g/mol. The van der Waals surface area contributed by atoms with E-state index in [4.69, 9.17) is 10.5 Å². The highest BCUT2D eigenvalue weighted by molar-refractivity contribution is 5.50. The van der Waals surface area contributed by atoms with Gasteiger partial charge >= 0.3 is 0 Å². The Balaban J connectivity index is 0.000000461. The maximum absolute atomic E-state index is 5.09. The van der Waals surface area contributed by atoms with Gasteiger partial charge in [0.1, 0.15) is 6.34 Å². The second kappa shape index (κ2) is 7.34. The van der Waals surface area contributed by atoms with Gasteiger partial charge in [0, 0.05) is 0 Å². The SMILES string of the molecule is CC.N/C=N\N1CCOCC1. The largest absolute Gasteiger partial charge is 0.388 e. The van der Waals surface area contributed by atoms with Crippen LogP contribution in [-0.4, -0.2) is 37.7 Å². The Morgan fingerprint density at radius 1 is 1.36 bits per heavy atom. The number of nitrogens with two attached hydrogens (primary N) is 1. The molecular weight excluding hydrogens is 142 g/mol. The molecule has 4 nitrogen and oxygen atoms in total. The molecule has 0 spiro atoms. The summed E-state index contributed by atoms with van der Waals surface area (Å²) in [6.45, 7) is 7.23. The highest BCUT2D eigenvalue weighted by Gasteiger charge is 2.05. The predicted molar refractivity (Wildman–Crippen MR) is 46.4 cm³/mol. The molecular formula is C7H17N3O. The Hall–Kier alpha value is -0.770. The molecule has 11 heavy (non-hydrogen) atoms. The molecule has 4 heteroatoms. The van der Waals surface area contributed by atoms with Crippen molar-refractivity contribution in [1.82, 2.24) is 5.01 Å². The van der Waals surface area contributed by atoms with Crippen LogP contribution in [0.2, 0.25) is 0 Å². The number of morpholine rings is 1. The molecule has 1 saturated heterocycles. The van der Waals surface area contributed by atoms with E-state index in [1.54, 1.807) is 0 Å². The summed E-state index contributed by atoms with van der Waals surface area (Å²) in [5.74, 6) is 0. The van der Waals surface area contributed by atoms with Gasteiger partial charge in [0.2, 0.25) is 0 Å². The lowest BCUT2D eigenvalue weighted by atomic mass is 10.5. The van der Waals surface area contributed by atoms with Crippen molar-refractivity contribution >= 4 is 6.34 Å². The summed E-state index contributed by atoms with van der Waals surface area (Å²) in [6, 6.07) is 0. The zero-order valence-electron chi connectivity index (χ0n) is 7.29. The number of hydrogen-bond donors (Lipinski definition) is 1. The number of hydrogen-bond acceptors (Lipinski definition) is 3. The van der Waals surface area contributed by atoms with Crippen molar-refractivity contribution in [3.05, 3.63) is 0 Å². The maximum atomic E-state index is 5.09. The summed E-state index contributed by atoms with van der Waals surface area (Å²) in [7, 11) is 0. The molecule has 0 unspecified atom stereocenters. The third kappa shape index (κ3) is 4.61. The Morgan fingerprint density at radius 3 is 2.36 bits per heavy atom. The summed E-state index contributed by atoms with van der Waals surface area (Å²) in [5.41, 5.74) is 5.09. The van der Waals surface area contributed by atoms with Gasteiger partial charge in [-0.05, 0) is 0 Å². The molecule has 2 N–H and O–H groups in total. The predicted octanol–water partition coefficient (Wildman–Crippen LogP) is 0.247. The zero-order chi connectivity index (χ0) is 8.53. The van der Waals surface area contributed by atoms with E-state index in [0.717, 1.165) is 26.3 Å². The smallest absolute Gasteiger partial charge is 0.106 e. The van der Waals surface area contributed by atoms with Gasteiger partial charge in [0.05, 0.1) is 26.3 Å². The molecule has 0 aromatic rings. The third-order valence-electron chi connectivity index (χ3n) is 1.22. The minimum atomic E-state index is 0.761. The van der Waals surface area contributed by atoms with Crippen LogP contribution in [0, 0.1) is 0 Å². The highest BCUT2D eigenvalue weighted by Crippen LogP contribution is 1.94. The van der Waals surface area contributed by atoms with Crippen LogP contribution in [0.15, 0.2) is 5.10 Å². The van der Waals surface area contributed by atoms with Crippen LogP contribution >= 0.6 is 0 Å². The van der Waals surface area contributed by atoms with Crippen LogP contribution in [-0.2, 0) is 4.74 Å². The highest BCUT2D eigenvalue weighted by atomic mass is 16.5. The first kappa shape index (κ1) is 10.2. The van der Waals surface area contributed by atoms with Gasteiger partial charge in [-0.25, -0.2) is 0 Å². The molecule has 0 aromatic carbocycles. The molecule has 66 valence electrons. The lowest BCUT2D eigenvalue weighted by Gasteiger charge is -2.22. The van der Waals surface area contributed by atoms with Crippen LogP contribution < -0.4 is 5.73 Å². The van der Waals surface area contributed by atoms with E-state index >= 15 is 0 Å². The molecule has 1 aliphatic heterocycles. The van der Waals surface area contributed by atoms with E-state index < -0.39 is 0 Å². The van der Waals surface area contributed by atoms with Crippen molar-refractivity contribution in [3.63, 3.8) is 0 Å². The standard InChI is InChI=1S/C5H11N3O.C2H6/c6-5-7-8-1-3-9-4-2-8;1-2/h5H,1-4H2,(H2,6,7);1-2H3. The number of nitrogens with zero attached hydrogens (tertiary/aromatic N) is 2. The summed E-state index contributed by atoms with van der Waals surface area (Å²) < 4.78 is 5.09. The van der Waals surface area contributed by atoms with Crippen molar-refractivity contribution in [2.45, 2.75) is 13.8 Å². The van der Waals surface area contributed by atoms with Gasteiger partial charge in [-0.1, -0.05) is 13.8 Å². The van der Waals surface area contributed by atoms with Crippen LogP contribution in [0.4, 0.5) is 0 Å². The molecule has 0 bridgehead atoms. The second-order valence-corrected chi connectivity index (χ2v) is 1.83. The van der Waals surface area contributed by atoms with E-state index in [9.17, 15) is 0 Å². The Morgan fingerprint density at radius 2 is 1.91 bits per heavy atom. The average Bonchev–Trinajstić information content (AvgIpc) is 2.11. The van der Waals surface area contributed by atoms with Crippen molar-refractivity contribution in [1.29, 1.82) is 0 Å². The average molecular weight is 159 g/mol. The van der Waals surface area contributed by atoms with Gasteiger partial charge in [-0.2, -0.15) is 5.10 Å². The first-order valence-corrected chi connectivity index (χ1v) is 4.00. The van der Waals surface area contributed by atoms with Gasteiger partial charge in [-0.3, -0.25) is 5.01 Å². The van der Waals surface area contributed by atoms with Crippen molar-refractivity contribution < 1.29 is 4.74 Å². The van der Waals surface area contributed by atoms with Crippen LogP contribution in [0.25, 0.3) is 0 Å². The molecule has 0 aliphatic carbocycles. The molecule has 0 atom stereocenters. The van der Waals surface area contributed by atoms with E-state index in [1.165, 1.54) is 6.34 Å². The summed E-state index contributed by atoms with van der Waals surface area (Å²) in [4.78, 5) is 0. The molecule has 1 aliphatic rings. The van der Waals surface area contributed by atoms with E-state index in [0.29, 0.717) is 0 Å². The van der Waals surface area contributed by atoms with Gasteiger partial charge in [-0.15, -0.1) is 0 Å². The van der Waals surface area contributed by atoms with Crippen molar-refractivity contribution in [3.8, 4) is 0 Å². The Bertz CT molecular complexity index is 99.9. The summed E-state index contributed by atoms with van der Waals surface area (Å²) in [6.07, 6.45) is 1.31. The van der Waals surface area contributed by atoms with Crippen LogP contribution in [0.5, 0.6) is 0 Å². The lowest BCUT2D eigenvalue weighted by Crippen LogP contribution is -2.32. The molecule has 0 radical (unpaired) electrons. The first-order valence-electron chi connectivity index (χ1n) is 4.00. The maximum Gasteiger partial charge on any atom is 0.106 e. The van der Waals surface area contributed by atoms with Crippen molar-refractivity contribution in [2.75, 3.05) is 26.3 Å². The Labute approximate surface area is 68.0 Å². The first-order chi connectivity index (χ1) is 5.43. The second-order valence-electron chi connectivity index (χ2n) is 1.83. The quantitative estimate of drug-likeness (QED) is 0.440. The molecule has 0 saturated carbocycles. The zero-order valence-corrected chi connectivity index (χ0v) is 7.29. The number of rotatable bonds is 1. The normalized spacial score (nSPS) is 17.8. The van der Waals surface area contributed by atoms with Crippen LogP contribution in [0.1, 0.15) is 13.8 Å². The number of hydrazone groups is 1. The molecule has 0 aromatic heterocycles.